The van der Waals surface area contributed by atoms with Crippen LogP contribution in [0.3, 0.4) is 0 Å². The van der Waals surface area contributed by atoms with Crippen LogP contribution in [0.4, 0.5) is 5.69 Å². The van der Waals surface area contributed by atoms with Crippen LogP contribution < -0.4 is 5.32 Å². The summed E-state index contributed by atoms with van der Waals surface area (Å²) in [5.41, 5.74) is 2.84. The number of benzene rings is 3. The minimum Gasteiger partial charge on any atom is -0.386 e. The van der Waals surface area contributed by atoms with Crippen LogP contribution in [0, 0.1) is 0 Å². The Bertz CT molecular complexity index is 1020. The zero-order valence-corrected chi connectivity index (χ0v) is 17.0. The van der Waals surface area contributed by atoms with Gasteiger partial charge in [-0.25, -0.2) is 0 Å². The Balaban J connectivity index is 1.46. The van der Waals surface area contributed by atoms with Crippen LogP contribution in [0.15, 0.2) is 84.9 Å². The lowest BCUT2D eigenvalue weighted by atomic mass is 9.99. The number of nitrogens with one attached hydrogen (secondary N) is 1. The van der Waals surface area contributed by atoms with Crippen LogP contribution in [0.1, 0.15) is 27.6 Å². The van der Waals surface area contributed by atoms with Crippen molar-refractivity contribution in [3.05, 3.63) is 102 Å². The van der Waals surface area contributed by atoms with E-state index >= 15 is 0 Å². The Hall–Kier alpha value is -3.48. The molecule has 6 nitrogen and oxygen atoms in total. The van der Waals surface area contributed by atoms with Gasteiger partial charge in [-0.15, -0.1) is 0 Å². The van der Waals surface area contributed by atoms with Crippen molar-refractivity contribution in [2.24, 2.45) is 0 Å². The molecule has 0 unspecified atom stereocenters. The van der Waals surface area contributed by atoms with Gasteiger partial charge in [-0.3, -0.25) is 9.59 Å². The fraction of sp³-hybridized carbons (Fsp3) is 0.200. The lowest BCUT2D eigenvalue weighted by Crippen LogP contribution is -2.51. The van der Waals surface area contributed by atoms with Crippen LogP contribution in [0.2, 0.25) is 0 Å². The minimum absolute atomic E-state index is 0.0144. The predicted molar refractivity (Wildman–Crippen MR) is 117 cm³/mol. The van der Waals surface area contributed by atoms with Gasteiger partial charge in [-0.2, -0.15) is 0 Å². The first kappa shape index (κ1) is 20.8. The van der Waals surface area contributed by atoms with Gasteiger partial charge in [0.05, 0.1) is 12.6 Å². The number of amides is 2. The summed E-state index contributed by atoms with van der Waals surface area (Å²) in [5, 5.41) is 13.8. The van der Waals surface area contributed by atoms with Gasteiger partial charge in [-0.1, -0.05) is 60.7 Å². The molecule has 2 atom stereocenters. The highest BCUT2D eigenvalue weighted by molar-refractivity contribution is 6.04. The van der Waals surface area contributed by atoms with E-state index in [9.17, 15) is 14.7 Å². The molecule has 4 rings (SSSR count). The molecule has 0 radical (unpaired) electrons. The lowest BCUT2D eigenvalue weighted by molar-refractivity contribution is -0.155. The largest absolute Gasteiger partial charge is 0.386 e. The molecule has 1 aliphatic rings. The highest BCUT2D eigenvalue weighted by Gasteiger charge is 2.34. The molecule has 0 spiro atoms. The number of anilines is 1. The van der Waals surface area contributed by atoms with E-state index in [1.807, 2.05) is 48.5 Å². The molecule has 1 heterocycles. The van der Waals surface area contributed by atoms with Gasteiger partial charge in [0.1, 0.15) is 12.7 Å². The van der Waals surface area contributed by atoms with Crippen molar-refractivity contribution in [3.8, 4) is 0 Å². The highest BCUT2D eigenvalue weighted by atomic mass is 16.5. The van der Waals surface area contributed by atoms with E-state index in [2.05, 4.69) is 5.32 Å². The number of carbonyl (C=O) groups excluding carboxylic acids is 2. The average molecular weight is 416 g/mol. The van der Waals surface area contributed by atoms with Crippen molar-refractivity contribution in [2.75, 3.05) is 18.5 Å². The van der Waals surface area contributed by atoms with E-state index in [-0.39, 0.29) is 25.0 Å². The number of nitrogens with zero attached hydrogens (tertiary/aromatic N) is 1. The first-order valence-electron chi connectivity index (χ1n) is 10.2. The number of morpholine rings is 1. The summed E-state index contributed by atoms with van der Waals surface area (Å²) in [6.07, 6.45) is -0.910. The molecule has 0 bridgehead atoms. The Morgan fingerprint density at radius 1 is 1.00 bits per heavy atom. The molecule has 158 valence electrons. The third-order valence-corrected chi connectivity index (χ3v) is 5.34. The van der Waals surface area contributed by atoms with E-state index in [0.29, 0.717) is 23.4 Å². The fourth-order valence-electron chi connectivity index (χ4n) is 3.65. The standard InChI is InChI=1S/C25H24N2O4/c28-23-17-31-16-22(27(23)15-18-7-3-1-4-8-18)24(29)19-11-13-21(14-12-19)26-25(30)20-9-5-2-6-10-20/h1-14,22,24,29H,15-17H2,(H,26,30)/t22-,24-/m1/s1. The molecule has 0 saturated carbocycles. The average Bonchev–Trinajstić information content (AvgIpc) is 2.82. The minimum atomic E-state index is -0.910. The van der Waals surface area contributed by atoms with Gasteiger partial charge in [0.25, 0.3) is 5.91 Å². The lowest BCUT2D eigenvalue weighted by Gasteiger charge is -2.38. The Morgan fingerprint density at radius 3 is 2.32 bits per heavy atom. The predicted octanol–water partition coefficient (Wildman–Crippen LogP) is 3.40. The van der Waals surface area contributed by atoms with Crippen LogP contribution in [-0.4, -0.2) is 41.1 Å². The van der Waals surface area contributed by atoms with Crippen molar-refractivity contribution in [1.82, 2.24) is 4.90 Å². The zero-order chi connectivity index (χ0) is 21.6. The van der Waals surface area contributed by atoms with Crippen molar-refractivity contribution in [3.63, 3.8) is 0 Å². The summed E-state index contributed by atoms with van der Waals surface area (Å²) < 4.78 is 5.42. The SMILES string of the molecule is O=C(Nc1ccc([C@@H](O)[C@H]2COCC(=O)N2Cc2ccccc2)cc1)c1ccccc1. The normalized spacial score (nSPS) is 17.3. The summed E-state index contributed by atoms with van der Waals surface area (Å²) >= 11 is 0. The summed E-state index contributed by atoms with van der Waals surface area (Å²) in [6.45, 7) is 0.683. The maximum atomic E-state index is 12.5. The van der Waals surface area contributed by atoms with Gasteiger partial charge in [0, 0.05) is 17.8 Å². The third kappa shape index (κ3) is 4.99. The summed E-state index contributed by atoms with van der Waals surface area (Å²) in [4.78, 5) is 26.5. The highest BCUT2D eigenvalue weighted by Crippen LogP contribution is 2.27. The number of ether oxygens (including phenoxy) is 1. The van der Waals surface area contributed by atoms with E-state index in [0.717, 1.165) is 5.56 Å². The number of hydrogen-bond acceptors (Lipinski definition) is 4. The van der Waals surface area contributed by atoms with Gasteiger partial charge >= 0.3 is 0 Å². The molecular weight excluding hydrogens is 392 g/mol. The number of carbonyl (C=O) groups is 2. The molecule has 1 fully saturated rings. The Morgan fingerprint density at radius 2 is 1.65 bits per heavy atom. The fourth-order valence-corrected chi connectivity index (χ4v) is 3.65. The van der Waals surface area contributed by atoms with Crippen molar-refractivity contribution in [1.29, 1.82) is 0 Å². The van der Waals surface area contributed by atoms with E-state index < -0.39 is 12.1 Å². The molecule has 3 aromatic rings. The van der Waals surface area contributed by atoms with Crippen molar-refractivity contribution < 1.29 is 19.4 Å². The zero-order valence-electron chi connectivity index (χ0n) is 17.0. The van der Waals surface area contributed by atoms with Crippen LogP contribution >= 0.6 is 0 Å². The number of aliphatic hydroxyl groups excluding tert-OH is 1. The molecule has 1 aliphatic heterocycles. The van der Waals surface area contributed by atoms with Gasteiger partial charge in [-0.05, 0) is 35.4 Å². The van der Waals surface area contributed by atoms with Crippen LogP contribution in [0.25, 0.3) is 0 Å². The quantitative estimate of drug-likeness (QED) is 0.646. The third-order valence-electron chi connectivity index (χ3n) is 5.34. The molecule has 31 heavy (non-hydrogen) atoms. The summed E-state index contributed by atoms with van der Waals surface area (Å²) in [6, 6.07) is 25.1. The second kappa shape index (κ2) is 9.55. The van der Waals surface area contributed by atoms with Gasteiger partial charge in [0.15, 0.2) is 0 Å². The van der Waals surface area contributed by atoms with E-state index in [1.54, 1.807) is 41.3 Å². The smallest absolute Gasteiger partial charge is 0.255 e. The Labute approximate surface area is 181 Å². The number of rotatable bonds is 6. The topological polar surface area (TPSA) is 78.9 Å². The second-order valence-corrected chi connectivity index (χ2v) is 7.48. The van der Waals surface area contributed by atoms with Crippen LogP contribution in [0.5, 0.6) is 0 Å². The molecular formula is C25H24N2O4. The number of aliphatic hydroxyl groups is 1. The maximum Gasteiger partial charge on any atom is 0.255 e. The molecule has 1 saturated heterocycles. The molecule has 6 heteroatoms. The molecule has 0 aliphatic carbocycles. The van der Waals surface area contributed by atoms with Gasteiger partial charge in [0.2, 0.25) is 5.91 Å². The maximum absolute atomic E-state index is 12.5. The summed E-state index contributed by atoms with van der Waals surface area (Å²) in [5.74, 6) is -0.347. The van der Waals surface area contributed by atoms with Gasteiger partial charge < -0.3 is 20.1 Å². The second-order valence-electron chi connectivity index (χ2n) is 7.48. The van der Waals surface area contributed by atoms with Crippen molar-refractivity contribution in [2.45, 2.75) is 18.7 Å². The molecule has 0 aromatic heterocycles. The first-order chi connectivity index (χ1) is 15.1. The molecule has 2 N–H and O–H groups in total. The monoisotopic (exact) mass is 416 g/mol. The summed E-state index contributed by atoms with van der Waals surface area (Å²) in [7, 11) is 0. The number of hydrogen-bond donors (Lipinski definition) is 2. The Kier molecular flexibility index (Phi) is 6.40. The molecule has 3 aromatic carbocycles. The van der Waals surface area contributed by atoms with Crippen LogP contribution in [-0.2, 0) is 16.1 Å². The van der Waals surface area contributed by atoms with Crippen molar-refractivity contribution >= 4 is 17.5 Å². The first-order valence-corrected chi connectivity index (χ1v) is 10.2. The van der Waals surface area contributed by atoms with E-state index in [1.165, 1.54) is 0 Å². The van der Waals surface area contributed by atoms with E-state index in [4.69, 9.17) is 4.74 Å². The molecule has 2 amide bonds.